The van der Waals surface area contributed by atoms with Crippen LogP contribution in [0.1, 0.15) is 22.2 Å². The number of alkyl halides is 1. The van der Waals surface area contributed by atoms with Gasteiger partial charge in [0.2, 0.25) is 0 Å². The molecule has 2 aromatic carbocycles. The van der Waals surface area contributed by atoms with Crippen LogP contribution in [0.5, 0.6) is 0 Å². The van der Waals surface area contributed by atoms with E-state index in [0.717, 1.165) is 39.0 Å². The fourth-order valence-corrected chi connectivity index (χ4v) is 3.71. The molecule has 0 aliphatic heterocycles. The van der Waals surface area contributed by atoms with Crippen LogP contribution in [0.2, 0.25) is 5.02 Å². The van der Waals surface area contributed by atoms with Crippen LogP contribution in [0.3, 0.4) is 0 Å². The molecule has 28 heavy (non-hydrogen) atoms. The molecule has 1 atom stereocenters. The van der Waals surface area contributed by atoms with Crippen molar-refractivity contribution in [3.05, 3.63) is 98.9 Å². The van der Waals surface area contributed by atoms with Gasteiger partial charge in [0.05, 0.1) is 16.7 Å². The van der Waals surface area contributed by atoms with Gasteiger partial charge in [0, 0.05) is 23.7 Å². The summed E-state index contributed by atoms with van der Waals surface area (Å²) in [4.78, 5) is 17.3. The second-order valence-electron chi connectivity index (χ2n) is 6.84. The third-order valence-electron chi connectivity index (χ3n) is 4.86. The predicted molar refractivity (Wildman–Crippen MR) is 116 cm³/mol. The zero-order valence-electron chi connectivity index (χ0n) is 15.5. The molecule has 3 nitrogen and oxygen atoms in total. The smallest absolute Gasteiger partial charge is 0.251 e. The Morgan fingerprint density at radius 1 is 1.00 bits per heavy atom. The molecule has 0 N–H and O–H groups in total. The van der Waals surface area contributed by atoms with E-state index in [1.807, 2.05) is 61.5 Å². The third kappa shape index (κ3) is 3.44. The highest BCUT2D eigenvalue weighted by atomic mass is 35.5. The lowest BCUT2D eigenvalue weighted by Gasteiger charge is -2.14. The van der Waals surface area contributed by atoms with Crippen LogP contribution in [0, 0.1) is 6.92 Å². The number of hydrogen-bond acceptors (Lipinski definition) is 2. The molecule has 2 aromatic heterocycles. The number of rotatable bonds is 3. The molecule has 4 aromatic rings. The number of hydrogen-bond donors (Lipinski definition) is 0. The monoisotopic (exact) mass is 408 g/mol. The summed E-state index contributed by atoms with van der Waals surface area (Å²) in [5.41, 5.74) is 5.99. The second kappa shape index (κ2) is 7.42. The maximum atomic E-state index is 12.5. The average molecular weight is 409 g/mol. The summed E-state index contributed by atoms with van der Waals surface area (Å²) in [6.07, 6.45) is 0. The van der Waals surface area contributed by atoms with Gasteiger partial charge < -0.3 is 4.57 Å². The summed E-state index contributed by atoms with van der Waals surface area (Å²) < 4.78 is 1.61. The first kappa shape index (κ1) is 18.7. The minimum atomic E-state index is -0.413. The van der Waals surface area contributed by atoms with Gasteiger partial charge in [0.1, 0.15) is 5.38 Å². The Bertz CT molecular complexity index is 1230. The first-order valence-corrected chi connectivity index (χ1v) is 9.73. The van der Waals surface area contributed by atoms with Gasteiger partial charge in [-0.2, -0.15) is 0 Å². The molecule has 0 aliphatic carbocycles. The van der Waals surface area contributed by atoms with Crippen LogP contribution >= 0.6 is 23.2 Å². The highest BCUT2D eigenvalue weighted by Crippen LogP contribution is 2.32. The normalized spacial score (nSPS) is 12.3. The van der Waals surface area contributed by atoms with Gasteiger partial charge in [-0.25, -0.2) is 4.98 Å². The average Bonchev–Trinajstić information content (AvgIpc) is 2.70. The van der Waals surface area contributed by atoms with Crippen molar-refractivity contribution in [2.75, 3.05) is 0 Å². The van der Waals surface area contributed by atoms with Gasteiger partial charge >= 0.3 is 0 Å². The van der Waals surface area contributed by atoms with E-state index < -0.39 is 5.38 Å². The van der Waals surface area contributed by atoms with Gasteiger partial charge in [0.25, 0.3) is 5.56 Å². The molecule has 0 saturated heterocycles. The summed E-state index contributed by atoms with van der Waals surface area (Å²) in [6, 6.07) is 20.9. The summed E-state index contributed by atoms with van der Waals surface area (Å²) in [5, 5.41) is 0.250. The van der Waals surface area contributed by atoms with Gasteiger partial charge in [-0.15, -0.1) is 11.6 Å². The van der Waals surface area contributed by atoms with Crippen molar-refractivity contribution in [1.82, 2.24) is 9.55 Å². The van der Waals surface area contributed by atoms with E-state index in [4.69, 9.17) is 28.2 Å². The molecule has 0 radical (unpaired) electrons. The van der Waals surface area contributed by atoms with Crippen molar-refractivity contribution in [1.29, 1.82) is 0 Å². The Balaban J connectivity index is 1.92. The molecule has 4 rings (SSSR count). The molecule has 140 valence electrons. The Morgan fingerprint density at radius 2 is 1.75 bits per heavy atom. The highest BCUT2D eigenvalue weighted by Gasteiger charge is 2.16. The molecule has 0 fully saturated rings. The molecule has 2 heterocycles. The van der Waals surface area contributed by atoms with Crippen molar-refractivity contribution < 1.29 is 0 Å². The van der Waals surface area contributed by atoms with Crippen molar-refractivity contribution >= 4 is 34.2 Å². The number of pyridine rings is 2. The van der Waals surface area contributed by atoms with E-state index in [2.05, 4.69) is 6.07 Å². The lowest BCUT2D eigenvalue weighted by atomic mass is 10.0. The molecule has 0 spiro atoms. The van der Waals surface area contributed by atoms with Gasteiger partial charge in [-0.3, -0.25) is 4.79 Å². The number of aromatic nitrogens is 2. The minimum Gasteiger partial charge on any atom is -0.310 e. The van der Waals surface area contributed by atoms with Crippen molar-refractivity contribution in [3.8, 4) is 11.1 Å². The van der Waals surface area contributed by atoms with Gasteiger partial charge in [-0.1, -0.05) is 53.6 Å². The predicted octanol–water partition coefficient (Wildman–Crippen LogP) is 5.89. The summed E-state index contributed by atoms with van der Waals surface area (Å²) >= 11 is 12.7. The van der Waals surface area contributed by atoms with E-state index >= 15 is 0 Å². The Hall–Kier alpha value is -2.62. The summed E-state index contributed by atoms with van der Waals surface area (Å²) in [5.74, 6) is 0. The molecule has 1 unspecified atom stereocenters. The van der Waals surface area contributed by atoms with Crippen LogP contribution in [0.4, 0.5) is 0 Å². The SMILES string of the molecule is Cc1cccc(-c2cc(=O)n(C)c3ccc(C(Cl)c4ccc(Cl)cc4)nc23)c1. The Kier molecular flexibility index (Phi) is 4.96. The number of aryl methyl sites for hydroxylation is 2. The zero-order chi connectivity index (χ0) is 19.8. The van der Waals surface area contributed by atoms with E-state index in [1.54, 1.807) is 17.7 Å². The molecule has 0 amide bonds. The number of halogens is 2. The maximum absolute atomic E-state index is 12.5. The molecule has 0 bridgehead atoms. The first-order chi connectivity index (χ1) is 13.4. The molecular weight excluding hydrogens is 391 g/mol. The fraction of sp³-hybridized carbons (Fsp3) is 0.130. The van der Waals surface area contributed by atoms with E-state index in [0.29, 0.717) is 5.02 Å². The second-order valence-corrected chi connectivity index (χ2v) is 7.72. The molecule has 0 aliphatic rings. The molecule has 0 saturated carbocycles. The van der Waals surface area contributed by atoms with E-state index in [9.17, 15) is 4.79 Å². The molecule has 5 heteroatoms. The lowest BCUT2D eigenvalue weighted by molar-refractivity contribution is 0.901. The van der Waals surface area contributed by atoms with Crippen LogP contribution in [0.25, 0.3) is 22.2 Å². The Morgan fingerprint density at radius 3 is 2.46 bits per heavy atom. The topological polar surface area (TPSA) is 34.9 Å². The van der Waals surface area contributed by atoms with Gasteiger partial charge in [0.15, 0.2) is 0 Å². The van der Waals surface area contributed by atoms with Crippen LogP contribution in [-0.4, -0.2) is 9.55 Å². The summed E-state index contributed by atoms with van der Waals surface area (Å²) in [7, 11) is 1.75. The van der Waals surface area contributed by atoms with Crippen molar-refractivity contribution in [2.24, 2.45) is 7.05 Å². The van der Waals surface area contributed by atoms with Crippen LogP contribution in [0.15, 0.2) is 71.5 Å². The van der Waals surface area contributed by atoms with Crippen molar-refractivity contribution in [2.45, 2.75) is 12.3 Å². The number of nitrogens with zero attached hydrogens (tertiary/aromatic N) is 2. The standard InChI is InChI=1S/C23H18Cl2N2O/c1-14-4-3-5-16(12-14)18-13-21(28)27(2)20-11-10-19(26-23(18)20)22(25)15-6-8-17(24)9-7-15/h3-13,22H,1-2H3. The lowest BCUT2D eigenvalue weighted by Crippen LogP contribution is -2.17. The zero-order valence-corrected chi connectivity index (χ0v) is 17.0. The summed E-state index contributed by atoms with van der Waals surface area (Å²) in [6.45, 7) is 2.03. The van der Waals surface area contributed by atoms with E-state index in [-0.39, 0.29) is 5.56 Å². The maximum Gasteiger partial charge on any atom is 0.251 e. The largest absolute Gasteiger partial charge is 0.310 e. The van der Waals surface area contributed by atoms with Crippen LogP contribution < -0.4 is 5.56 Å². The number of fused-ring (bicyclic) bond motifs is 1. The fourth-order valence-electron chi connectivity index (χ4n) is 3.32. The molecular formula is C23H18Cl2N2O. The minimum absolute atomic E-state index is 0.0707. The quantitative estimate of drug-likeness (QED) is 0.396. The van der Waals surface area contributed by atoms with Crippen molar-refractivity contribution in [3.63, 3.8) is 0 Å². The van der Waals surface area contributed by atoms with E-state index in [1.165, 1.54) is 0 Å². The number of benzene rings is 2. The van der Waals surface area contributed by atoms with Crippen LogP contribution in [-0.2, 0) is 7.05 Å². The van der Waals surface area contributed by atoms with Gasteiger partial charge in [-0.05, 0) is 42.3 Å². The Labute approximate surface area is 173 Å². The third-order valence-corrected chi connectivity index (χ3v) is 5.59. The first-order valence-electron chi connectivity index (χ1n) is 8.91. The highest BCUT2D eigenvalue weighted by molar-refractivity contribution is 6.30.